The fourth-order valence-corrected chi connectivity index (χ4v) is 4.52. The molecular weight excluding hydrogens is 330 g/mol. The van der Waals surface area contributed by atoms with Crippen molar-refractivity contribution in [2.75, 3.05) is 16.2 Å². The number of hydrogen-bond donors (Lipinski definition) is 0. The molecule has 0 unspecified atom stereocenters. The maximum atomic E-state index is 11.6. The van der Waals surface area contributed by atoms with Crippen molar-refractivity contribution in [3.8, 4) is 0 Å². The minimum absolute atomic E-state index is 0.151. The van der Waals surface area contributed by atoms with Crippen LogP contribution in [0.1, 0.15) is 0 Å². The maximum absolute atomic E-state index is 11.6. The molecule has 0 heterocycles. The van der Waals surface area contributed by atoms with Crippen LogP contribution in [0.15, 0.2) is 18.2 Å². The van der Waals surface area contributed by atoms with Gasteiger partial charge in [-0.15, -0.1) is 0 Å². The summed E-state index contributed by atoms with van der Waals surface area (Å²) in [6.45, 7) is 0. The summed E-state index contributed by atoms with van der Waals surface area (Å²) < 4.78 is 46.1. The molecule has 0 aromatic heterocycles. The van der Waals surface area contributed by atoms with Gasteiger partial charge in [-0.2, -0.15) is 3.71 Å². The van der Waals surface area contributed by atoms with Gasteiger partial charge in [0.15, 0.2) is 0 Å². The largest absolute Gasteiger partial charge is 0.301 e. The second kappa shape index (κ2) is 5.25. The highest BCUT2D eigenvalue weighted by Gasteiger charge is 2.34. The van der Waals surface area contributed by atoms with Crippen LogP contribution in [0.25, 0.3) is 0 Å². The minimum atomic E-state index is -4.39. The van der Waals surface area contributed by atoms with Crippen LogP contribution >= 0.6 is 0 Å². The summed E-state index contributed by atoms with van der Waals surface area (Å²) in [5.41, 5.74) is -2.48. The maximum Gasteiger partial charge on any atom is 0.301 e. The lowest BCUT2D eigenvalue weighted by atomic mass is 10.2. The zero-order valence-electron chi connectivity index (χ0n) is 10.7. The van der Waals surface area contributed by atoms with Gasteiger partial charge in [0, 0.05) is 6.07 Å². The minimum Gasteiger partial charge on any atom is -0.258 e. The predicted octanol–water partition coefficient (Wildman–Crippen LogP) is 0.229. The normalized spacial score (nSPS) is 11.9. The molecule has 0 aliphatic carbocycles. The van der Waals surface area contributed by atoms with Crippen LogP contribution in [-0.2, 0) is 20.0 Å². The van der Waals surface area contributed by atoms with E-state index in [0.717, 1.165) is 6.07 Å². The Balaban J connectivity index is 3.76. The Morgan fingerprint density at radius 3 is 1.76 bits per heavy atom. The highest BCUT2D eigenvalue weighted by Crippen LogP contribution is 2.34. The molecule has 0 radical (unpaired) electrons. The Hall–Kier alpha value is -2.28. The Bertz CT molecular complexity index is 782. The van der Waals surface area contributed by atoms with Crippen molar-refractivity contribution in [1.29, 1.82) is 0 Å². The monoisotopic (exact) mass is 339 g/mol. The molecule has 0 fully saturated rings. The first-order valence-corrected chi connectivity index (χ1v) is 8.68. The van der Waals surface area contributed by atoms with Crippen molar-refractivity contribution >= 4 is 37.1 Å². The molecule has 1 rings (SSSR count). The fraction of sp³-hybridized carbons (Fsp3) is 0.250. The van der Waals surface area contributed by atoms with Crippen LogP contribution in [0.2, 0.25) is 0 Å². The number of non-ortho nitro benzene ring substituents is 1. The Morgan fingerprint density at radius 1 is 0.952 bits per heavy atom. The van der Waals surface area contributed by atoms with Gasteiger partial charge in [-0.3, -0.25) is 20.2 Å². The molecule has 0 saturated carbocycles. The third-order valence-electron chi connectivity index (χ3n) is 2.17. The van der Waals surface area contributed by atoms with Crippen LogP contribution in [0.4, 0.5) is 17.1 Å². The van der Waals surface area contributed by atoms with E-state index in [1.54, 1.807) is 0 Å². The highest BCUT2D eigenvalue weighted by atomic mass is 32.3. The third kappa shape index (κ3) is 3.63. The first-order chi connectivity index (χ1) is 9.35. The number of nitro groups is 2. The first kappa shape index (κ1) is 16.8. The number of anilines is 1. The summed E-state index contributed by atoms with van der Waals surface area (Å²) in [5, 5.41) is 21.5. The van der Waals surface area contributed by atoms with Crippen molar-refractivity contribution < 1.29 is 26.7 Å². The van der Waals surface area contributed by atoms with E-state index < -0.39 is 47.0 Å². The van der Waals surface area contributed by atoms with Gasteiger partial charge in [0.05, 0.1) is 28.4 Å². The van der Waals surface area contributed by atoms with Crippen LogP contribution < -0.4 is 3.71 Å². The molecule has 0 amide bonds. The average Bonchev–Trinajstić information content (AvgIpc) is 2.24. The van der Waals surface area contributed by atoms with Gasteiger partial charge in [0.25, 0.3) is 5.69 Å². The van der Waals surface area contributed by atoms with Gasteiger partial charge in [0.1, 0.15) is 5.69 Å². The molecule has 0 atom stereocenters. The molecular formula is C8H9N3O8S2. The Kier molecular flexibility index (Phi) is 4.19. The summed E-state index contributed by atoms with van der Waals surface area (Å²) in [7, 11) is -8.79. The van der Waals surface area contributed by atoms with E-state index in [1.807, 2.05) is 0 Å². The summed E-state index contributed by atoms with van der Waals surface area (Å²) in [4.78, 5) is 19.5. The van der Waals surface area contributed by atoms with E-state index in [-0.39, 0.29) is 3.71 Å². The summed E-state index contributed by atoms with van der Waals surface area (Å²) >= 11 is 0. The third-order valence-corrected chi connectivity index (χ3v) is 5.39. The van der Waals surface area contributed by atoms with Gasteiger partial charge < -0.3 is 0 Å². The van der Waals surface area contributed by atoms with Crippen LogP contribution in [0.5, 0.6) is 0 Å². The van der Waals surface area contributed by atoms with E-state index in [0.29, 0.717) is 24.6 Å². The standard InChI is InChI=1S/C8H9N3O8S2/c1-20(16,17)11(21(2,18)19)7-4-3-6(9(12)13)5-8(7)10(14)15/h3-5H,1-2H3. The average molecular weight is 339 g/mol. The fourth-order valence-electron chi connectivity index (χ4n) is 1.53. The van der Waals surface area contributed by atoms with Crippen molar-refractivity contribution in [2.24, 2.45) is 0 Å². The number of nitro benzene ring substituents is 2. The predicted molar refractivity (Wildman–Crippen MR) is 71.9 cm³/mol. The molecule has 13 heteroatoms. The van der Waals surface area contributed by atoms with Crippen LogP contribution in [-0.4, -0.2) is 39.2 Å². The topological polar surface area (TPSA) is 158 Å². The van der Waals surface area contributed by atoms with Gasteiger partial charge in [-0.05, 0) is 6.07 Å². The SMILES string of the molecule is CS(=O)(=O)N(c1ccc([N+](=O)[O-])cc1[N+](=O)[O-])S(C)(=O)=O. The number of rotatable bonds is 5. The molecule has 0 spiro atoms. The zero-order chi connectivity index (χ0) is 16.6. The van der Waals surface area contributed by atoms with E-state index >= 15 is 0 Å². The van der Waals surface area contributed by atoms with Crippen LogP contribution in [0.3, 0.4) is 0 Å². The van der Waals surface area contributed by atoms with Crippen molar-refractivity contribution in [3.05, 3.63) is 38.4 Å². The molecule has 1 aromatic rings. The molecule has 116 valence electrons. The number of nitrogens with zero attached hydrogens (tertiary/aromatic N) is 3. The lowest BCUT2D eigenvalue weighted by Crippen LogP contribution is -2.35. The van der Waals surface area contributed by atoms with E-state index in [9.17, 15) is 37.1 Å². The van der Waals surface area contributed by atoms with Crippen molar-refractivity contribution in [2.45, 2.75) is 0 Å². The van der Waals surface area contributed by atoms with E-state index in [4.69, 9.17) is 0 Å². The van der Waals surface area contributed by atoms with Crippen LogP contribution in [0, 0.1) is 20.2 Å². The highest BCUT2D eigenvalue weighted by molar-refractivity contribution is 8.09. The summed E-state index contributed by atoms with van der Waals surface area (Å²) in [6.07, 6.45) is 1.08. The van der Waals surface area contributed by atoms with Gasteiger partial charge in [-0.1, -0.05) is 0 Å². The van der Waals surface area contributed by atoms with Gasteiger partial charge in [0.2, 0.25) is 20.0 Å². The molecule has 0 aliphatic heterocycles. The molecule has 0 aliphatic rings. The first-order valence-electron chi connectivity index (χ1n) is 4.99. The quantitative estimate of drug-likeness (QED) is 0.544. The molecule has 11 nitrogen and oxygen atoms in total. The second-order valence-corrected chi connectivity index (χ2v) is 7.80. The van der Waals surface area contributed by atoms with E-state index in [2.05, 4.69) is 0 Å². The van der Waals surface area contributed by atoms with Crippen molar-refractivity contribution in [3.63, 3.8) is 0 Å². The Morgan fingerprint density at radius 2 is 1.43 bits per heavy atom. The molecule has 0 bridgehead atoms. The summed E-state index contributed by atoms with van der Waals surface area (Å²) in [5.74, 6) is 0. The smallest absolute Gasteiger partial charge is 0.258 e. The van der Waals surface area contributed by atoms with Gasteiger partial charge in [-0.25, -0.2) is 16.8 Å². The number of hydrogen-bond acceptors (Lipinski definition) is 8. The number of sulfonamides is 2. The van der Waals surface area contributed by atoms with E-state index in [1.165, 1.54) is 0 Å². The molecule has 1 aromatic carbocycles. The second-order valence-electron chi connectivity index (χ2n) is 3.91. The van der Waals surface area contributed by atoms with Gasteiger partial charge >= 0.3 is 5.69 Å². The molecule has 0 saturated heterocycles. The summed E-state index contributed by atoms with van der Waals surface area (Å²) in [6, 6.07) is 1.95. The molecule has 0 N–H and O–H groups in total. The molecule has 21 heavy (non-hydrogen) atoms. The Labute approximate surface area is 119 Å². The van der Waals surface area contributed by atoms with Crippen molar-refractivity contribution in [1.82, 2.24) is 0 Å². The lowest BCUT2D eigenvalue weighted by molar-refractivity contribution is -0.393. The zero-order valence-corrected chi connectivity index (χ0v) is 12.3. The lowest BCUT2D eigenvalue weighted by Gasteiger charge is -2.19. The number of benzene rings is 1.